The molecule has 0 amide bonds. The van der Waals surface area contributed by atoms with Gasteiger partial charge in [0.15, 0.2) is 0 Å². The van der Waals surface area contributed by atoms with Crippen LogP contribution < -0.4 is 9.80 Å². The van der Waals surface area contributed by atoms with E-state index in [1.54, 1.807) is 0 Å². The van der Waals surface area contributed by atoms with Gasteiger partial charge in [-0.15, -0.1) is 0 Å². The lowest BCUT2D eigenvalue weighted by Crippen LogP contribution is -2.36. The Kier molecular flexibility index (Phi) is 9.06. The van der Waals surface area contributed by atoms with Gasteiger partial charge in [-0.05, 0) is 127 Å². The number of benzene rings is 11. The minimum Gasteiger partial charge on any atom is -0.310 e. The van der Waals surface area contributed by atoms with Crippen molar-refractivity contribution in [1.29, 1.82) is 0 Å². The summed E-state index contributed by atoms with van der Waals surface area (Å²) < 4.78 is 0. The molecule has 0 fully saturated rings. The van der Waals surface area contributed by atoms with E-state index >= 15 is 0 Å². The molecule has 1 aliphatic heterocycles. The minimum atomic E-state index is -0.607. The Labute approximate surface area is 409 Å². The van der Waals surface area contributed by atoms with E-state index in [0.29, 0.717) is 0 Å². The molecule has 3 aliphatic rings. The molecule has 0 N–H and O–H groups in total. The standard InChI is InChI=1S/C68H46N2/c1-5-22-47(23-6-1)48-40-42-52(43-41-48)69(65-39-21-36-61-66(65)56-31-14-16-33-58(56)67(61,49-24-7-2-8-25-49)50-26-9-3-10-27-50)53-44-45-55-54-30-13-15-32-57(54)68(62(55)46-53)59-34-17-19-37-63(59)70(51-28-11-4-12-29-51)64-38-20-18-35-60(64)68/h1-46H. The predicted octanol–water partition coefficient (Wildman–Crippen LogP) is 17.3. The van der Waals surface area contributed by atoms with Crippen molar-refractivity contribution in [2.45, 2.75) is 10.8 Å². The summed E-state index contributed by atoms with van der Waals surface area (Å²) in [5.41, 5.74) is 23.2. The molecule has 0 aromatic heterocycles. The lowest BCUT2D eigenvalue weighted by atomic mass is 9.64. The molecule has 328 valence electrons. The Morgan fingerprint density at radius 3 is 1.37 bits per heavy atom. The van der Waals surface area contributed by atoms with Crippen LogP contribution in [0.1, 0.15) is 44.5 Å². The summed E-state index contributed by atoms with van der Waals surface area (Å²) in [4.78, 5) is 4.99. The number of fused-ring (bicyclic) bond motifs is 12. The molecule has 0 unspecified atom stereocenters. The molecule has 11 aromatic carbocycles. The highest BCUT2D eigenvalue weighted by molar-refractivity contribution is 6.00. The highest BCUT2D eigenvalue weighted by Crippen LogP contribution is 2.65. The smallest absolute Gasteiger partial charge is 0.0755 e. The molecular weight excluding hydrogens is 845 g/mol. The minimum absolute atomic E-state index is 0.545. The SMILES string of the molecule is c1ccc(-c2ccc(N(c3ccc4c(c3)C3(c5ccccc5-4)c4ccccc4N(c4ccccc4)c4ccccc43)c3cccc4c3-c3ccccc3C4(c3ccccc3)c3ccccc3)cc2)cc1. The van der Waals surface area contributed by atoms with Gasteiger partial charge in [0.25, 0.3) is 0 Å². The summed E-state index contributed by atoms with van der Waals surface area (Å²) in [5, 5.41) is 0. The molecular formula is C68H46N2. The molecule has 2 aliphatic carbocycles. The molecule has 0 atom stereocenters. The number of anilines is 6. The third kappa shape index (κ3) is 5.62. The highest BCUT2D eigenvalue weighted by Gasteiger charge is 2.52. The molecule has 0 radical (unpaired) electrons. The van der Waals surface area contributed by atoms with Gasteiger partial charge in [0.1, 0.15) is 0 Å². The van der Waals surface area contributed by atoms with Gasteiger partial charge in [0.2, 0.25) is 0 Å². The van der Waals surface area contributed by atoms with Gasteiger partial charge in [0, 0.05) is 22.6 Å². The van der Waals surface area contributed by atoms with Gasteiger partial charge in [-0.1, -0.05) is 224 Å². The summed E-state index contributed by atoms with van der Waals surface area (Å²) >= 11 is 0. The van der Waals surface area contributed by atoms with Crippen molar-refractivity contribution in [1.82, 2.24) is 0 Å². The molecule has 0 saturated carbocycles. The van der Waals surface area contributed by atoms with E-state index in [0.717, 1.165) is 22.7 Å². The van der Waals surface area contributed by atoms with Gasteiger partial charge in [-0.25, -0.2) is 0 Å². The zero-order chi connectivity index (χ0) is 46.2. The Morgan fingerprint density at radius 2 is 0.743 bits per heavy atom. The van der Waals surface area contributed by atoms with Gasteiger partial charge >= 0.3 is 0 Å². The van der Waals surface area contributed by atoms with Gasteiger partial charge in [0.05, 0.1) is 27.9 Å². The second-order valence-corrected chi connectivity index (χ2v) is 18.7. The van der Waals surface area contributed by atoms with Crippen LogP contribution in [0.4, 0.5) is 34.1 Å². The molecule has 2 nitrogen and oxygen atoms in total. The van der Waals surface area contributed by atoms with E-state index in [2.05, 4.69) is 289 Å². The van der Waals surface area contributed by atoms with E-state index < -0.39 is 10.8 Å². The average molecular weight is 891 g/mol. The van der Waals surface area contributed by atoms with Crippen molar-refractivity contribution >= 4 is 34.1 Å². The van der Waals surface area contributed by atoms with E-state index in [1.807, 2.05) is 0 Å². The van der Waals surface area contributed by atoms with Crippen LogP contribution in [0, 0.1) is 0 Å². The Hall–Kier alpha value is -8.98. The second kappa shape index (κ2) is 15.8. The molecule has 1 spiro atoms. The Balaban J connectivity index is 1.06. The second-order valence-electron chi connectivity index (χ2n) is 18.7. The van der Waals surface area contributed by atoms with E-state index in [4.69, 9.17) is 0 Å². The topological polar surface area (TPSA) is 6.48 Å². The monoisotopic (exact) mass is 890 g/mol. The third-order valence-electron chi connectivity index (χ3n) is 15.3. The van der Waals surface area contributed by atoms with Crippen LogP contribution in [0.5, 0.6) is 0 Å². The maximum atomic E-state index is 2.53. The van der Waals surface area contributed by atoms with Crippen molar-refractivity contribution in [2.75, 3.05) is 9.80 Å². The van der Waals surface area contributed by atoms with E-state index in [-0.39, 0.29) is 0 Å². The third-order valence-corrected chi connectivity index (χ3v) is 15.3. The summed E-state index contributed by atoms with van der Waals surface area (Å²) in [6.07, 6.45) is 0. The summed E-state index contributed by atoms with van der Waals surface area (Å²) in [7, 11) is 0. The van der Waals surface area contributed by atoms with E-state index in [9.17, 15) is 0 Å². The molecule has 11 aromatic rings. The van der Waals surface area contributed by atoms with E-state index in [1.165, 1.54) is 89.3 Å². The van der Waals surface area contributed by atoms with Gasteiger partial charge in [-0.3, -0.25) is 0 Å². The molecule has 1 heterocycles. The highest BCUT2D eigenvalue weighted by atomic mass is 15.2. The molecule has 70 heavy (non-hydrogen) atoms. The summed E-state index contributed by atoms with van der Waals surface area (Å²) in [5.74, 6) is 0. The Morgan fingerprint density at radius 1 is 0.286 bits per heavy atom. The molecule has 14 rings (SSSR count). The Bertz CT molecular complexity index is 3680. The zero-order valence-electron chi connectivity index (χ0n) is 38.5. The van der Waals surface area contributed by atoms with Crippen LogP contribution in [0.3, 0.4) is 0 Å². The fraction of sp³-hybridized carbons (Fsp3) is 0.0294. The summed E-state index contributed by atoms with van der Waals surface area (Å²) in [6, 6.07) is 104. The van der Waals surface area contributed by atoms with Crippen molar-refractivity contribution in [2.24, 2.45) is 0 Å². The first-order valence-electron chi connectivity index (χ1n) is 24.3. The fourth-order valence-electron chi connectivity index (χ4n) is 12.6. The number of nitrogens with zero attached hydrogens (tertiary/aromatic N) is 2. The van der Waals surface area contributed by atoms with Crippen LogP contribution in [-0.2, 0) is 10.8 Å². The van der Waals surface area contributed by atoms with Crippen molar-refractivity contribution in [3.8, 4) is 33.4 Å². The van der Waals surface area contributed by atoms with Crippen LogP contribution >= 0.6 is 0 Å². The lowest BCUT2D eigenvalue weighted by Gasteiger charge is -2.45. The number of hydrogen-bond acceptors (Lipinski definition) is 2. The average Bonchev–Trinajstić information content (AvgIpc) is 3.91. The largest absolute Gasteiger partial charge is 0.310 e. The normalized spacial score (nSPS) is 13.9. The fourth-order valence-corrected chi connectivity index (χ4v) is 12.6. The van der Waals surface area contributed by atoms with Crippen molar-refractivity contribution in [3.05, 3.63) is 324 Å². The predicted molar refractivity (Wildman–Crippen MR) is 289 cm³/mol. The number of rotatable bonds is 7. The summed E-state index contributed by atoms with van der Waals surface area (Å²) in [6.45, 7) is 0. The first-order valence-corrected chi connectivity index (χ1v) is 24.3. The molecule has 0 saturated heterocycles. The first-order chi connectivity index (χ1) is 34.8. The first kappa shape index (κ1) is 40.1. The van der Waals surface area contributed by atoms with Gasteiger partial charge < -0.3 is 9.80 Å². The number of para-hydroxylation sites is 3. The van der Waals surface area contributed by atoms with Crippen molar-refractivity contribution in [3.63, 3.8) is 0 Å². The number of hydrogen-bond donors (Lipinski definition) is 0. The van der Waals surface area contributed by atoms with Gasteiger partial charge in [-0.2, -0.15) is 0 Å². The zero-order valence-corrected chi connectivity index (χ0v) is 38.5. The quantitative estimate of drug-likeness (QED) is 0.157. The maximum absolute atomic E-state index is 2.53. The van der Waals surface area contributed by atoms with Crippen LogP contribution in [0.25, 0.3) is 33.4 Å². The van der Waals surface area contributed by atoms with Crippen LogP contribution in [-0.4, -0.2) is 0 Å². The molecule has 0 bridgehead atoms. The lowest BCUT2D eigenvalue weighted by molar-refractivity contribution is 0.752. The van der Waals surface area contributed by atoms with Crippen LogP contribution in [0.2, 0.25) is 0 Å². The van der Waals surface area contributed by atoms with Crippen LogP contribution in [0.15, 0.2) is 279 Å². The maximum Gasteiger partial charge on any atom is 0.0755 e. The van der Waals surface area contributed by atoms with Crippen molar-refractivity contribution < 1.29 is 0 Å². The molecule has 2 heteroatoms.